The first-order valence-corrected chi connectivity index (χ1v) is 30.5. The number of hydrogen-bond acceptors (Lipinski definition) is 8. The van der Waals surface area contributed by atoms with Crippen LogP contribution in [0.5, 0.6) is 0 Å². The van der Waals surface area contributed by atoms with Crippen LogP contribution in [0.4, 0.5) is 0 Å². The van der Waals surface area contributed by atoms with E-state index in [0.29, 0.717) is 23.9 Å². The quantitative estimate of drug-likeness (QED) is 0.0195. The number of quaternary nitrogens is 1. The normalized spacial score (nSPS) is 12.9. The Morgan fingerprint density at radius 1 is 0.423 bits per heavy atom. The van der Waals surface area contributed by atoms with Gasteiger partial charge >= 0.3 is 11.9 Å². The third-order valence-electron chi connectivity index (χ3n) is 13.7. The van der Waals surface area contributed by atoms with E-state index in [2.05, 4.69) is 38.2 Å². The number of unbranched alkanes of at least 4 members (excludes halogenated alkanes) is 38. The summed E-state index contributed by atoms with van der Waals surface area (Å²) in [6, 6.07) is 0. The summed E-state index contributed by atoms with van der Waals surface area (Å²) in [6.07, 6.45) is 61.0. The highest BCUT2D eigenvalue weighted by atomic mass is 16.7. The van der Waals surface area contributed by atoms with Crippen LogP contribution in [0.3, 0.4) is 0 Å². The summed E-state index contributed by atoms with van der Waals surface area (Å²) in [6.45, 7) is 4.77. The number of carboxylic acids is 1. The second kappa shape index (κ2) is 54.0. The number of esters is 2. The third-order valence-corrected chi connectivity index (χ3v) is 13.7. The van der Waals surface area contributed by atoms with Crippen LogP contribution in [-0.4, -0.2) is 82.3 Å². The summed E-state index contributed by atoms with van der Waals surface area (Å²) >= 11 is 0. The lowest BCUT2D eigenvalue weighted by Gasteiger charge is -2.26. The first kappa shape index (κ1) is 68.8. The number of likely N-dealkylation sites (N-methyl/N-ethyl adjacent to an activating group) is 1. The Labute approximate surface area is 439 Å². The average molecular weight is 1000 g/mol. The van der Waals surface area contributed by atoms with Crippen LogP contribution in [0.15, 0.2) is 24.3 Å². The SMILES string of the molecule is CCCCCC/C=C\C/C=C\CCCCCCCCCC(=O)OC(COC(=O)CCCCCCCCCCCCCCCCCCCCCCCCCCCCCC)COC(OCC[N+](C)(C)C)C(=O)[O-]. The number of hydrogen-bond donors (Lipinski definition) is 0. The maximum atomic E-state index is 12.8. The molecule has 9 heteroatoms. The van der Waals surface area contributed by atoms with Crippen molar-refractivity contribution in [3.8, 4) is 0 Å². The van der Waals surface area contributed by atoms with Gasteiger partial charge in [-0.15, -0.1) is 0 Å². The van der Waals surface area contributed by atoms with E-state index in [4.69, 9.17) is 18.9 Å². The molecule has 0 bridgehead atoms. The van der Waals surface area contributed by atoms with E-state index in [0.717, 1.165) is 51.4 Å². The molecular formula is C62H117NO8. The molecule has 0 saturated heterocycles. The van der Waals surface area contributed by atoms with Crippen molar-refractivity contribution in [2.75, 3.05) is 47.5 Å². The number of carbonyl (C=O) groups is 3. The molecule has 0 amide bonds. The molecular weight excluding hydrogens is 887 g/mol. The molecule has 2 unspecified atom stereocenters. The minimum absolute atomic E-state index is 0.148. The van der Waals surface area contributed by atoms with Crippen LogP contribution in [0.25, 0.3) is 0 Å². The topological polar surface area (TPSA) is 111 Å². The number of carboxylic acid groups (broad SMARTS) is 1. The Hall–Kier alpha value is -2.23. The van der Waals surface area contributed by atoms with E-state index in [1.54, 1.807) is 0 Å². The number of nitrogens with zero attached hydrogens (tertiary/aromatic N) is 1. The zero-order valence-electron chi connectivity index (χ0n) is 47.6. The van der Waals surface area contributed by atoms with E-state index in [1.807, 2.05) is 21.1 Å². The van der Waals surface area contributed by atoms with Crippen LogP contribution < -0.4 is 5.11 Å². The molecule has 2 atom stereocenters. The Balaban J connectivity index is 4.13. The summed E-state index contributed by atoms with van der Waals surface area (Å²) in [7, 11) is 5.93. The Kier molecular flexibility index (Phi) is 52.3. The average Bonchev–Trinajstić information content (AvgIpc) is 3.34. The molecule has 418 valence electrons. The van der Waals surface area contributed by atoms with Gasteiger partial charge in [0.1, 0.15) is 13.2 Å². The molecule has 0 aromatic carbocycles. The van der Waals surface area contributed by atoms with Gasteiger partial charge in [0.05, 0.1) is 40.3 Å². The molecule has 0 radical (unpaired) electrons. The number of aliphatic carboxylic acids is 1. The van der Waals surface area contributed by atoms with Gasteiger partial charge in [0, 0.05) is 12.8 Å². The molecule has 71 heavy (non-hydrogen) atoms. The highest BCUT2D eigenvalue weighted by molar-refractivity contribution is 5.70. The molecule has 0 aliphatic rings. The highest BCUT2D eigenvalue weighted by Gasteiger charge is 2.22. The van der Waals surface area contributed by atoms with Gasteiger partial charge in [-0.25, -0.2) is 0 Å². The molecule has 0 rings (SSSR count). The van der Waals surface area contributed by atoms with Gasteiger partial charge in [-0.3, -0.25) is 9.59 Å². The number of carbonyl (C=O) groups excluding carboxylic acids is 3. The molecule has 0 spiro atoms. The van der Waals surface area contributed by atoms with Crippen LogP contribution in [0.2, 0.25) is 0 Å². The summed E-state index contributed by atoms with van der Waals surface area (Å²) in [4.78, 5) is 37.3. The highest BCUT2D eigenvalue weighted by Crippen LogP contribution is 2.18. The standard InChI is InChI=1S/C62H117NO8/c1-6-8-10-12-14-16-18-20-22-24-26-27-28-29-30-31-32-33-34-35-37-38-40-42-44-46-48-50-52-59(64)69-56-58(57-70-62(61(66)67)68-55-54-63(3,4)5)71-60(65)53-51-49-47-45-43-41-39-36-25-23-21-19-17-15-13-11-9-7-2/h17,19,23,25,58,62H,6-16,18,20-22,24,26-57H2,1-5H3/b19-17-,25-23-. The summed E-state index contributed by atoms with van der Waals surface area (Å²) < 4.78 is 22.7. The van der Waals surface area contributed by atoms with Gasteiger partial charge in [-0.2, -0.15) is 0 Å². The molecule has 0 heterocycles. The number of rotatable bonds is 57. The third kappa shape index (κ3) is 55.4. The Morgan fingerprint density at radius 3 is 1.13 bits per heavy atom. The van der Waals surface area contributed by atoms with E-state index in [-0.39, 0.29) is 32.2 Å². The lowest BCUT2D eigenvalue weighted by Crippen LogP contribution is -2.44. The zero-order valence-corrected chi connectivity index (χ0v) is 47.6. The first-order chi connectivity index (χ1) is 34.6. The van der Waals surface area contributed by atoms with Gasteiger partial charge < -0.3 is 33.3 Å². The molecule has 0 aliphatic heterocycles. The fraction of sp³-hybridized carbons (Fsp3) is 0.887. The minimum Gasteiger partial charge on any atom is -0.545 e. The zero-order chi connectivity index (χ0) is 52.0. The van der Waals surface area contributed by atoms with Crippen molar-refractivity contribution in [2.45, 2.75) is 309 Å². The number of allylic oxidation sites excluding steroid dienone is 4. The van der Waals surface area contributed by atoms with Crippen LogP contribution in [0.1, 0.15) is 296 Å². The maximum absolute atomic E-state index is 12.8. The Morgan fingerprint density at radius 2 is 0.761 bits per heavy atom. The molecule has 0 fully saturated rings. The molecule has 0 N–H and O–H groups in total. The van der Waals surface area contributed by atoms with Crippen molar-refractivity contribution < 1.29 is 42.9 Å². The summed E-state index contributed by atoms with van der Waals surface area (Å²) in [5.41, 5.74) is 0. The smallest absolute Gasteiger partial charge is 0.306 e. The van der Waals surface area contributed by atoms with Crippen LogP contribution in [0, 0.1) is 0 Å². The largest absolute Gasteiger partial charge is 0.545 e. The second-order valence-corrected chi connectivity index (χ2v) is 22.0. The molecule has 0 aliphatic carbocycles. The van der Waals surface area contributed by atoms with E-state index < -0.39 is 24.3 Å². The predicted molar refractivity (Wildman–Crippen MR) is 297 cm³/mol. The van der Waals surface area contributed by atoms with E-state index >= 15 is 0 Å². The van der Waals surface area contributed by atoms with Crippen molar-refractivity contribution in [1.29, 1.82) is 0 Å². The molecule has 0 saturated carbocycles. The lowest BCUT2D eigenvalue weighted by atomic mass is 10.0. The van der Waals surface area contributed by atoms with Crippen LogP contribution in [-0.2, 0) is 33.3 Å². The maximum Gasteiger partial charge on any atom is 0.306 e. The first-order valence-electron chi connectivity index (χ1n) is 30.5. The summed E-state index contributed by atoms with van der Waals surface area (Å²) in [5, 5.41) is 11.8. The predicted octanol–water partition coefficient (Wildman–Crippen LogP) is 16.6. The van der Waals surface area contributed by atoms with E-state index in [1.165, 1.54) is 212 Å². The van der Waals surface area contributed by atoms with Gasteiger partial charge in [0.25, 0.3) is 0 Å². The second-order valence-electron chi connectivity index (χ2n) is 22.0. The molecule has 0 aromatic heterocycles. The minimum atomic E-state index is -1.62. The Bertz CT molecular complexity index is 1210. The summed E-state index contributed by atoms with van der Waals surface area (Å²) in [5.74, 6) is -2.27. The van der Waals surface area contributed by atoms with Gasteiger partial charge in [-0.05, 0) is 44.9 Å². The fourth-order valence-electron chi connectivity index (χ4n) is 8.98. The van der Waals surface area contributed by atoms with Gasteiger partial charge in [0.15, 0.2) is 12.4 Å². The van der Waals surface area contributed by atoms with Gasteiger partial charge in [0.2, 0.25) is 0 Å². The van der Waals surface area contributed by atoms with Crippen molar-refractivity contribution in [2.24, 2.45) is 0 Å². The van der Waals surface area contributed by atoms with Gasteiger partial charge in [-0.1, -0.05) is 263 Å². The lowest BCUT2D eigenvalue weighted by molar-refractivity contribution is -0.870. The van der Waals surface area contributed by atoms with Crippen molar-refractivity contribution in [3.63, 3.8) is 0 Å². The van der Waals surface area contributed by atoms with E-state index in [9.17, 15) is 19.5 Å². The van der Waals surface area contributed by atoms with Crippen LogP contribution >= 0.6 is 0 Å². The van der Waals surface area contributed by atoms with Crippen molar-refractivity contribution >= 4 is 17.9 Å². The van der Waals surface area contributed by atoms with Crippen molar-refractivity contribution in [1.82, 2.24) is 0 Å². The van der Waals surface area contributed by atoms with Crippen molar-refractivity contribution in [3.05, 3.63) is 24.3 Å². The fourth-order valence-corrected chi connectivity index (χ4v) is 8.98. The monoisotopic (exact) mass is 1000 g/mol. The molecule has 9 nitrogen and oxygen atoms in total. The number of ether oxygens (including phenoxy) is 4. The molecule has 0 aromatic rings.